The van der Waals surface area contributed by atoms with Gasteiger partial charge in [-0.05, 0) is 6.42 Å². The fraction of sp³-hybridized carbons (Fsp3) is 0.737. The quantitative estimate of drug-likeness (QED) is 0.129. The summed E-state index contributed by atoms with van der Waals surface area (Å²) in [5, 5.41) is 0. The Bertz CT molecular complexity index is 464. The second-order valence-electron chi connectivity index (χ2n) is 6.96. The fourth-order valence-corrected chi connectivity index (χ4v) is 2.72. The minimum absolute atomic E-state index is 1.18. The van der Waals surface area contributed by atoms with Crippen molar-refractivity contribution in [2.24, 2.45) is 0 Å². The van der Waals surface area contributed by atoms with Gasteiger partial charge in [0.15, 0.2) is 12.4 Å². The Kier molecular flexibility index (Phi) is 11.5. The van der Waals surface area contributed by atoms with E-state index in [0.29, 0.717) is 0 Å². The first kappa shape index (κ1) is 26.2. The van der Waals surface area contributed by atoms with Crippen LogP contribution in [-0.2, 0) is 6.54 Å². The molecular weight excluding hydrogens is 387 g/mol. The third-order valence-electron chi connectivity index (χ3n) is 4.05. The van der Waals surface area contributed by atoms with Gasteiger partial charge in [-0.1, -0.05) is 77.2 Å². The van der Waals surface area contributed by atoms with Crippen LogP contribution in [0.15, 0.2) is 30.6 Å². The summed E-state index contributed by atoms with van der Waals surface area (Å²) in [6.45, 7) is 3.47. The molecule has 1 aromatic heterocycles. The molecule has 0 atom stereocenters. The first-order valence-electron chi connectivity index (χ1n) is 9.89. The predicted molar refractivity (Wildman–Crippen MR) is 101 cm³/mol. The van der Waals surface area contributed by atoms with Gasteiger partial charge in [-0.15, -0.1) is 0 Å². The van der Waals surface area contributed by atoms with E-state index >= 15 is 0 Å². The molecule has 0 aliphatic carbocycles. The van der Waals surface area contributed by atoms with Crippen LogP contribution in [0, 0.1) is 0 Å². The molecule has 0 saturated carbocycles. The number of unbranched alkanes of at least 4 members (excludes halogenated alkanes) is 11. The second-order valence-corrected chi connectivity index (χ2v) is 8.88. The molecule has 8 heteroatoms. The summed E-state index contributed by atoms with van der Waals surface area (Å²) in [7, 11) is -10.7. The summed E-state index contributed by atoms with van der Waals surface area (Å²) in [6.07, 6.45) is 21.4. The molecule has 0 radical (unpaired) electrons. The monoisotopic (exact) mass is 421 g/mol. The van der Waals surface area contributed by atoms with E-state index in [9.17, 15) is 25.2 Å². The number of nitrogens with zero attached hydrogens (tertiary/aromatic N) is 1. The van der Waals surface area contributed by atoms with E-state index in [2.05, 4.69) is 42.1 Å². The zero-order chi connectivity index (χ0) is 20.7. The molecule has 0 aliphatic rings. The summed E-state index contributed by atoms with van der Waals surface area (Å²) in [5.41, 5.74) is 0. The topological polar surface area (TPSA) is 3.88 Å². The van der Waals surface area contributed by atoms with E-state index in [0.717, 1.165) is 0 Å². The SMILES string of the molecule is CCCCCCCCCCCCCC[n+]1ccccc1.F[P-](F)(F)(F)(F)F. The Morgan fingerprint density at radius 3 is 1.26 bits per heavy atom. The van der Waals surface area contributed by atoms with Crippen molar-refractivity contribution in [1.82, 2.24) is 0 Å². The Labute approximate surface area is 159 Å². The summed E-state index contributed by atoms with van der Waals surface area (Å²) in [6, 6.07) is 6.31. The summed E-state index contributed by atoms with van der Waals surface area (Å²) < 4.78 is 61.5. The van der Waals surface area contributed by atoms with Gasteiger partial charge in [-0.3, -0.25) is 0 Å². The molecule has 0 N–H and O–H groups in total. The number of hydrogen-bond donors (Lipinski definition) is 0. The van der Waals surface area contributed by atoms with Gasteiger partial charge < -0.3 is 0 Å². The van der Waals surface area contributed by atoms with Crippen molar-refractivity contribution in [1.29, 1.82) is 0 Å². The van der Waals surface area contributed by atoms with Crippen molar-refractivity contribution in [3.05, 3.63) is 30.6 Å². The molecule has 0 aromatic carbocycles. The van der Waals surface area contributed by atoms with Gasteiger partial charge in [0.25, 0.3) is 0 Å². The van der Waals surface area contributed by atoms with Crippen LogP contribution in [0.4, 0.5) is 25.2 Å². The van der Waals surface area contributed by atoms with E-state index < -0.39 is 7.81 Å². The van der Waals surface area contributed by atoms with E-state index in [-0.39, 0.29) is 0 Å². The maximum absolute atomic E-state index is 10.7. The number of halogens is 6. The van der Waals surface area contributed by atoms with Gasteiger partial charge in [0.2, 0.25) is 0 Å². The Hall–Kier alpha value is -0.840. The number of hydrogen-bond acceptors (Lipinski definition) is 0. The summed E-state index contributed by atoms with van der Waals surface area (Å²) in [4.78, 5) is 0. The van der Waals surface area contributed by atoms with E-state index in [1.54, 1.807) is 0 Å². The third kappa shape index (κ3) is 30.1. The zero-order valence-electron chi connectivity index (χ0n) is 16.2. The molecule has 27 heavy (non-hydrogen) atoms. The summed E-state index contributed by atoms with van der Waals surface area (Å²) >= 11 is 0. The van der Waals surface area contributed by atoms with Gasteiger partial charge in [0.1, 0.15) is 6.54 Å². The molecule has 1 heterocycles. The van der Waals surface area contributed by atoms with Crippen LogP contribution in [-0.4, -0.2) is 0 Å². The van der Waals surface area contributed by atoms with E-state index in [1.165, 1.54) is 83.6 Å². The maximum atomic E-state index is 9.87. The molecule has 0 bridgehead atoms. The Balaban J connectivity index is 0.000000821. The Morgan fingerprint density at radius 1 is 0.556 bits per heavy atom. The third-order valence-corrected chi connectivity index (χ3v) is 4.05. The molecule has 0 aliphatic heterocycles. The molecule has 0 saturated heterocycles. The average Bonchev–Trinajstić information content (AvgIpc) is 2.54. The number of aromatic nitrogens is 1. The van der Waals surface area contributed by atoms with E-state index in [4.69, 9.17) is 0 Å². The van der Waals surface area contributed by atoms with Crippen LogP contribution in [0.25, 0.3) is 0 Å². The van der Waals surface area contributed by atoms with Crippen LogP contribution in [0.3, 0.4) is 0 Å². The predicted octanol–water partition coefficient (Wildman–Crippen LogP) is 9.06. The minimum atomic E-state index is -10.7. The zero-order valence-corrected chi connectivity index (χ0v) is 17.1. The van der Waals surface area contributed by atoms with Crippen molar-refractivity contribution < 1.29 is 29.7 Å². The van der Waals surface area contributed by atoms with Crippen molar-refractivity contribution in [3.63, 3.8) is 0 Å². The standard InChI is InChI=1S/C19H34N.F6P/c1-2-3-4-5-6-7-8-9-10-11-12-14-17-20-18-15-13-16-19-20;1-7(2,3,4,5)6/h13,15-16,18-19H,2-12,14,17H2,1H3;/q+1;-1. The first-order valence-corrected chi connectivity index (χ1v) is 11.9. The van der Waals surface area contributed by atoms with Crippen LogP contribution < -0.4 is 4.57 Å². The fourth-order valence-electron chi connectivity index (χ4n) is 2.72. The van der Waals surface area contributed by atoms with Gasteiger partial charge in [0, 0.05) is 18.6 Å². The molecule has 0 unspecified atom stereocenters. The van der Waals surface area contributed by atoms with Crippen molar-refractivity contribution in [2.75, 3.05) is 0 Å². The molecule has 0 fully saturated rings. The van der Waals surface area contributed by atoms with Gasteiger partial charge in [-0.2, -0.15) is 0 Å². The second kappa shape index (κ2) is 11.9. The van der Waals surface area contributed by atoms with E-state index in [1.807, 2.05) is 0 Å². The molecule has 0 amide bonds. The van der Waals surface area contributed by atoms with Crippen LogP contribution >= 0.6 is 7.81 Å². The number of pyridine rings is 1. The molecule has 162 valence electrons. The number of aryl methyl sites for hydroxylation is 1. The first-order chi connectivity index (χ1) is 12.4. The molecule has 1 nitrogen and oxygen atoms in total. The van der Waals surface area contributed by atoms with Crippen molar-refractivity contribution >= 4 is 7.81 Å². The summed E-state index contributed by atoms with van der Waals surface area (Å²) in [5.74, 6) is 0. The molecular formula is C19H34F6NP. The van der Waals surface area contributed by atoms with Crippen LogP contribution in [0.5, 0.6) is 0 Å². The van der Waals surface area contributed by atoms with Crippen molar-refractivity contribution in [3.8, 4) is 0 Å². The van der Waals surface area contributed by atoms with Crippen molar-refractivity contribution in [2.45, 2.75) is 90.5 Å². The molecule has 0 spiro atoms. The average molecular weight is 421 g/mol. The molecule has 1 rings (SSSR count). The normalized spacial score (nSPS) is 14.0. The van der Waals surface area contributed by atoms with Gasteiger partial charge >= 0.3 is 33.0 Å². The Morgan fingerprint density at radius 2 is 0.889 bits per heavy atom. The van der Waals surface area contributed by atoms with Gasteiger partial charge in [0.05, 0.1) is 0 Å². The van der Waals surface area contributed by atoms with Gasteiger partial charge in [-0.25, -0.2) is 4.57 Å². The number of rotatable bonds is 13. The van der Waals surface area contributed by atoms with Crippen LogP contribution in [0.1, 0.15) is 84.0 Å². The molecule has 1 aromatic rings. The van der Waals surface area contributed by atoms with Crippen LogP contribution in [0.2, 0.25) is 0 Å².